The molecule has 1 aliphatic heterocycles. The predicted octanol–water partition coefficient (Wildman–Crippen LogP) is 2.48. The average molecular weight is 321 g/mol. The molecular weight excluding hydrogens is 302 g/mol. The molecule has 5 heteroatoms. The fraction of sp³-hybridized carbons (Fsp3) is 0.263. The first-order valence-electron chi connectivity index (χ1n) is 8.20. The number of nitrogens with zero attached hydrogens (tertiary/aromatic N) is 2. The highest BCUT2D eigenvalue weighted by Crippen LogP contribution is 2.29. The smallest absolute Gasteiger partial charge is 0.326 e. The summed E-state index contributed by atoms with van der Waals surface area (Å²) in [6.07, 6.45) is 0.856. The molecule has 0 saturated carbocycles. The van der Waals surface area contributed by atoms with Gasteiger partial charge in [-0.15, -0.1) is 0 Å². The third-order valence-electron chi connectivity index (χ3n) is 4.89. The summed E-state index contributed by atoms with van der Waals surface area (Å²) in [6, 6.07) is 15.7. The Kier molecular flexibility index (Phi) is 3.49. The number of nitrogens with one attached hydrogen (secondary N) is 1. The molecule has 1 unspecified atom stereocenters. The molecule has 0 fully saturated rings. The molecule has 1 N–H and O–H groups in total. The van der Waals surface area contributed by atoms with Crippen molar-refractivity contribution in [3.05, 3.63) is 70.1 Å². The zero-order valence-electron chi connectivity index (χ0n) is 13.5. The minimum Gasteiger partial charge on any atom is -0.334 e. The number of hydrogen-bond acceptors (Lipinski definition) is 2. The maximum absolute atomic E-state index is 12.8. The van der Waals surface area contributed by atoms with Crippen molar-refractivity contribution in [2.24, 2.45) is 0 Å². The van der Waals surface area contributed by atoms with E-state index in [1.807, 2.05) is 48.2 Å². The van der Waals surface area contributed by atoms with Crippen LogP contribution < -0.4 is 5.69 Å². The van der Waals surface area contributed by atoms with Gasteiger partial charge in [-0.2, -0.15) is 0 Å². The first-order valence-corrected chi connectivity index (χ1v) is 8.20. The Bertz CT molecular complexity index is 970. The molecule has 0 aliphatic carbocycles. The molecule has 1 atom stereocenters. The van der Waals surface area contributed by atoms with E-state index in [0.717, 1.165) is 17.5 Å². The Morgan fingerprint density at radius 1 is 1.17 bits per heavy atom. The van der Waals surface area contributed by atoms with E-state index < -0.39 is 0 Å². The van der Waals surface area contributed by atoms with Crippen molar-refractivity contribution in [1.29, 1.82) is 0 Å². The number of H-pyrrole nitrogens is 1. The molecule has 0 radical (unpaired) electrons. The molecule has 1 aromatic heterocycles. The van der Waals surface area contributed by atoms with E-state index in [-0.39, 0.29) is 24.2 Å². The van der Waals surface area contributed by atoms with Crippen molar-refractivity contribution in [3.63, 3.8) is 0 Å². The molecule has 0 bridgehead atoms. The van der Waals surface area contributed by atoms with Gasteiger partial charge in [0.25, 0.3) is 0 Å². The Labute approximate surface area is 139 Å². The summed E-state index contributed by atoms with van der Waals surface area (Å²) < 4.78 is 1.52. The molecule has 1 amide bonds. The van der Waals surface area contributed by atoms with Crippen molar-refractivity contribution in [2.75, 3.05) is 6.54 Å². The summed E-state index contributed by atoms with van der Waals surface area (Å²) in [6.45, 7) is 2.80. The summed E-state index contributed by atoms with van der Waals surface area (Å²) in [5, 5.41) is 0. The van der Waals surface area contributed by atoms with Crippen LogP contribution in [0.15, 0.2) is 53.3 Å². The van der Waals surface area contributed by atoms with Crippen LogP contribution in [0.3, 0.4) is 0 Å². The molecule has 3 aromatic rings. The van der Waals surface area contributed by atoms with Crippen LogP contribution in [0.1, 0.15) is 24.1 Å². The van der Waals surface area contributed by atoms with Crippen LogP contribution in [0, 0.1) is 0 Å². The molecule has 1 aliphatic rings. The number of fused-ring (bicyclic) bond motifs is 2. The second-order valence-electron chi connectivity index (χ2n) is 6.25. The third-order valence-corrected chi connectivity index (χ3v) is 4.89. The lowest BCUT2D eigenvalue weighted by atomic mass is 9.93. The Morgan fingerprint density at radius 2 is 1.92 bits per heavy atom. The highest BCUT2D eigenvalue weighted by atomic mass is 16.2. The minimum atomic E-state index is -0.241. The van der Waals surface area contributed by atoms with Gasteiger partial charge in [-0.25, -0.2) is 4.79 Å². The number of amides is 1. The number of hydrogen-bond donors (Lipinski definition) is 1. The molecule has 0 spiro atoms. The van der Waals surface area contributed by atoms with Crippen LogP contribution in [0.5, 0.6) is 0 Å². The van der Waals surface area contributed by atoms with Crippen LogP contribution >= 0.6 is 0 Å². The van der Waals surface area contributed by atoms with Gasteiger partial charge in [0.15, 0.2) is 0 Å². The first kappa shape index (κ1) is 14.8. The third kappa shape index (κ3) is 2.33. The first-order chi connectivity index (χ1) is 11.6. The van der Waals surface area contributed by atoms with Crippen LogP contribution in [-0.2, 0) is 17.8 Å². The van der Waals surface area contributed by atoms with E-state index in [0.29, 0.717) is 6.54 Å². The summed E-state index contributed by atoms with van der Waals surface area (Å²) in [4.78, 5) is 29.7. The Hall–Kier alpha value is -2.82. The van der Waals surface area contributed by atoms with E-state index in [2.05, 4.69) is 17.1 Å². The van der Waals surface area contributed by atoms with Crippen molar-refractivity contribution in [3.8, 4) is 0 Å². The van der Waals surface area contributed by atoms with Crippen LogP contribution in [0.2, 0.25) is 0 Å². The van der Waals surface area contributed by atoms with E-state index in [1.165, 1.54) is 15.7 Å². The zero-order chi connectivity index (χ0) is 16.7. The highest BCUT2D eigenvalue weighted by Gasteiger charge is 2.27. The van der Waals surface area contributed by atoms with E-state index in [4.69, 9.17) is 0 Å². The number of rotatable bonds is 2. The number of aromatic amines is 1. The summed E-state index contributed by atoms with van der Waals surface area (Å²) in [7, 11) is 0. The average Bonchev–Trinajstić information content (AvgIpc) is 2.91. The lowest BCUT2D eigenvalue weighted by molar-refractivity contribution is -0.134. The van der Waals surface area contributed by atoms with Gasteiger partial charge in [-0.3, -0.25) is 9.36 Å². The fourth-order valence-electron chi connectivity index (χ4n) is 3.60. The maximum Gasteiger partial charge on any atom is 0.326 e. The zero-order valence-corrected chi connectivity index (χ0v) is 13.5. The molecule has 0 saturated heterocycles. The van der Waals surface area contributed by atoms with E-state index >= 15 is 0 Å². The molecule has 122 valence electrons. The van der Waals surface area contributed by atoms with Crippen LogP contribution in [0.4, 0.5) is 0 Å². The van der Waals surface area contributed by atoms with Gasteiger partial charge in [0.05, 0.1) is 17.1 Å². The fourth-order valence-corrected chi connectivity index (χ4v) is 3.60. The van der Waals surface area contributed by atoms with Crippen molar-refractivity contribution < 1.29 is 4.79 Å². The summed E-state index contributed by atoms with van der Waals surface area (Å²) in [5.74, 6) is -0.0242. The summed E-state index contributed by atoms with van der Waals surface area (Å²) >= 11 is 0. The van der Waals surface area contributed by atoms with Crippen LogP contribution in [-0.4, -0.2) is 26.9 Å². The van der Waals surface area contributed by atoms with E-state index in [9.17, 15) is 9.59 Å². The minimum absolute atomic E-state index is 0.0242. The molecular formula is C19H19N3O2. The number of carbonyl (C=O) groups excluding carboxylic acids is 1. The van der Waals surface area contributed by atoms with Gasteiger partial charge in [0.1, 0.15) is 6.54 Å². The largest absolute Gasteiger partial charge is 0.334 e. The lowest BCUT2D eigenvalue weighted by Gasteiger charge is -2.35. The Balaban J connectivity index is 1.63. The van der Waals surface area contributed by atoms with Crippen molar-refractivity contribution in [2.45, 2.75) is 25.9 Å². The highest BCUT2D eigenvalue weighted by molar-refractivity contribution is 5.81. The van der Waals surface area contributed by atoms with Crippen molar-refractivity contribution >= 4 is 16.9 Å². The number of aromatic nitrogens is 2. The summed E-state index contributed by atoms with van der Waals surface area (Å²) in [5.41, 5.74) is 3.78. The molecule has 2 heterocycles. The van der Waals surface area contributed by atoms with Gasteiger partial charge >= 0.3 is 5.69 Å². The van der Waals surface area contributed by atoms with Gasteiger partial charge in [-0.1, -0.05) is 36.4 Å². The molecule has 5 nitrogen and oxygen atoms in total. The van der Waals surface area contributed by atoms with E-state index in [1.54, 1.807) is 0 Å². The number of imidazole rings is 1. The number of benzene rings is 2. The molecule has 2 aromatic carbocycles. The number of para-hydroxylation sites is 2. The quantitative estimate of drug-likeness (QED) is 0.788. The van der Waals surface area contributed by atoms with Crippen molar-refractivity contribution in [1.82, 2.24) is 14.5 Å². The topological polar surface area (TPSA) is 58.1 Å². The monoisotopic (exact) mass is 321 g/mol. The Morgan fingerprint density at radius 3 is 2.79 bits per heavy atom. The normalized spacial score (nSPS) is 17.0. The number of carbonyl (C=O) groups is 1. The van der Waals surface area contributed by atoms with Gasteiger partial charge < -0.3 is 9.88 Å². The van der Waals surface area contributed by atoms with Gasteiger partial charge in [-0.05, 0) is 36.6 Å². The predicted molar refractivity (Wildman–Crippen MR) is 92.8 cm³/mol. The van der Waals surface area contributed by atoms with Gasteiger partial charge in [0.2, 0.25) is 5.91 Å². The molecule has 4 rings (SSSR count). The van der Waals surface area contributed by atoms with Crippen LogP contribution in [0.25, 0.3) is 11.0 Å². The second kappa shape index (κ2) is 5.67. The molecule has 24 heavy (non-hydrogen) atoms. The van der Waals surface area contributed by atoms with Gasteiger partial charge in [0, 0.05) is 6.54 Å². The standard InChI is InChI=1S/C19H19N3O2/c1-13-15-7-3-2-6-14(15)10-11-21(13)18(23)12-22-17-9-5-4-8-16(17)20-19(22)24/h2-9,13H,10-12H2,1H3,(H,20,24). The SMILES string of the molecule is CC1c2ccccc2CCN1C(=O)Cn1c(=O)[nH]c2ccccc21. The lowest BCUT2D eigenvalue weighted by Crippen LogP contribution is -2.41. The second-order valence-corrected chi connectivity index (χ2v) is 6.25. The maximum atomic E-state index is 12.8.